The number of imide groups is 1. The van der Waals surface area contributed by atoms with E-state index in [1.807, 2.05) is 30.3 Å². The van der Waals surface area contributed by atoms with Gasteiger partial charge < -0.3 is 4.74 Å². The van der Waals surface area contributed by atoms with Crippen LogP contribution in [-0.4, -0.2) is 23.5 Å². The van der Waals surface area contributed by atoms with Crippen molar-refractivity contribution in [3.8, 4) is 0 Å². The van der Waals surface area contributed by atoms with Crippen molar-refractivity contribution in [1.82, 2.24) is 4.90 Å². The highest BCUT2D eigenvalue weighted by Crippen LogP contribution is 2.27. The van der Waals surface area contributed by atoms with Crippen LogP contribution in [0, 0.1) is 0 Å². The van der Waals surface area contributed by atoms with Crippen LogP contribution in [0.2, 0.25) is 0 Å². The van der Waals surface area contributed by atoms with E-state index in [0.29, 0.717) is 0 Å². The fraction of sp³-hybridized carbons (Fsp3) is 0.167. The molecule has 16 heavy (non-hydrogen) atoms. The molecule has 1 aromatic rings. The Kier molecular flexibility index (Phi) is 2.72. The second-order valence-corrected chi connectivity index (χ2v) is 3.42. The van der Waals surface area contributed by atoms with Crippen LogP contribution in [-0.2, 0) is 9.53 Å². The lowest BCUT2D eigenvalue weighted by Gasteiger charge is -2.17. The van der Waals surface area contributed by atoms with Crippen molar-refractivity contribution in [3.63, 3.8) is 0 Å². The lowest BCUT2D eigenvalue weighted by Crippen LogP contribution is -2.32. The molecule has 1 aliphatic heterocycles. The first kappa shape index (κ1) is 10.4. The minimum absolute atomic E-state index is 0.197. The van der Waals surface area contributed by atoms with Crippen molar-refractivity contribution in [3.05, 3.63) is 48.6 Å². The molecule has 2 amide bonds. The highest BCUT2D eigenvalue weighted by Gasteiger charge is 2.37. The van der Waals surface area contributed by atoms with Gasteiger partial charge >= 0.3 is 6.09 Å². The average molecular weight is 217 g/mol. The number of rotatable bonds is 2. The molecule has 0 bridgehead atoms. The summed E-state index contributed by atoms with van der Waals surface area (Å²) < 4.78 is 4.87. The van der Waals surface area contributed by atoms with E-state index < -0.39 is 12.0 Å². The zero-order valence-electron chi connectivity index (χ0n) is 8.63. The zero-order valence-corrected chi connectivity index (χ0v) is 8.63. The molecule has 0 radical (unpaired) electrons. The van der Waals surface area contributed by atoms with Gasteiger partial charge in [0.2, 0.25) is 0 Å². The predicted octanol–water partition coefficient (Wildman–Crippen LogP) is 1.89. The number of ether oxygens (including phenoxy) is 1. The van der Waals surface area contributed by atoms with Gasteiger partial charge in [0.1, 0.15) is 12.6 Å². The summed E-state index contributed by atoms with van der Waals surface area (Å²) >= 11 is 0. The van der Waals surface area contributed by atoms with Crippen molar-refractivity contribution in [1.29, 1.82) is 0 Å². The van der Waals surface area contributed by atoms with Crippen molar-refractivity contribution < 1.29 is 14.3 Å². The summed E-state index contributed by atoms with van der Waals surface area (Å²) in [7, 11) is 0. The minimum atomic E-state index is -0.612. The van der Waals surface area contributed by atoms with Gasteiger partial charge in [-0.05, 0) is 11.6 Å². The third-order valence-corrected chi connectivity index (χ3v) is 2.47. The Morgan fingerprint density at radius 3 is 2.75 bits per heavy atom. The average Bonchev–Trinajstić information content (AvgIpc) is 2.71. The highest BCUT2D eigenvalue weighted by molar-refractivity contribution is 5.99. The fourth-order valence-electron chi connectivity index (χ4n) is 1.68. The van der Waals surface area contributed by atoms with Gasteiger partial charge in [-0.3, -0.25) is 4.79 Å². The Balaban J connectivity index is 2.31. The molecule has 1 heterocycles. The van der Waals surface area contributed by atoms with Crippen LogP contribution >= 0.6 is 0 Å². The second kappa shape index (κ2) is 4.18. The van der Waals surface area contributed by atoms with E-state index in [2.05, 4.69) is 6.58 Å². The van der Waals surface area contributed by atoms with Gasteiger partial charge in [0, 0.05) is 0 Å². The Morgan fingerprint density at radius 1 is 1.44 bits per heavy atom. The molecule has 2 rings (SSSR count). The first-order valence-electron chi connectivity index (χ1n) is 4.91. The van der Waals surface area contributed by atoms with Crippen LogP contribution < -0.4 is 0 Å². The van der Waals surface area contributed by atoms with Gasteiger partial charge in [-0.15, -0.1) is 0 Å². The largest absolute Gasteiger partial charge is 0.446 e. The lowest BCUT2D eigenvalue weighted by molar-refractivity contribution is -0.124. The Bertz CT molecular complexity index is 427. The number of carbonyl (C=O) groups excluding carboxylic acids is 2. The van der Waals surface area contributed by atoms with Gasteiger partial charge in [-0.1, -0.05) is 36.9 Å². The topological polar surface area (TPSA) is 46.6 Å². The molecule has 0 spiro atoms. The third kappa shape index (κ3) is 1.69. The molecular weight excluding hydrogens is 206 g/mol. The first-order valence-corrected chi connectivity index (χ1v) is 4.91. The first-order chi connectivity index (χ1) is 7.74. The summed E-state index contributed by atoms with van der Waals surface area (Å²) in [5.74, 6) is -0.434. The van der Waals surface area contributed by atoms with Gasteiger partial charge in [0.25, 0.3) is 5.91 Å². The Hall–Kier alpha value is -2.10. The molecule has 1 atom stereocenters. The van der Waals surface area contributed by atoms with Gasteiger partial charge in [-0.2, -0.15) is 0 Å². The van der Waals surface area contributed by atoms with Crippen LogP contribution in [0.5, 0.6) is 0 Å². The summed E-state index contributed by atoms with van der Waals surface area (Å²) in [6.45, 7) is 3.57. The summed E-state index contributed by atoms with van der Waals surface area (Å²) in [6.07, 6.45) is 0.501. The van der Waals surface area contributed by atoms with Crippen LogP contribution in [0.1, 0.15) is 11.6 Å². The summed E-state index contributed by atoms with van der Waals surface area (Å²) in [6, 6.07) is 8.95. The Morgan fingerprint density at radius 2 is 2.12 bits per heavy atom. The fourth-order valence-corrected chi connectivity index (χ4v) is 1.68. The maximum atomic E-state index is 11.5. The molecule has 4 nitrogen and oxygen atoms in total. The van der Waals surface area contributed by atoms with Crippen molar-refractivity contribution in [2.75, 3.05) is 6.61 Å². The standard InChI is InChI=1S/C12H11NO3/c1-2-11(14)13-10(8-16-12(13)15)9-6-4-3-5-7-9/h2-7,10H,1,8H2/t10-/m0/s1. The summed E-state index contributed by atoms with van der Waals surface area (Å²) in [5.41, 5.74) is 0.878. The third-order valence-electron chi connectivity index (χ3n) is 2.47. The molecule has 1 aliphatic rings. The van der Waals surface area contributed by atoms with E-state index in [-0.39, 0.29) is 12.6 Å². The summed E-state index contributed by atoms with van der Waals surface area (Å²) in [4.78, 5) is 24.0. The van der Waals surface area contributed by atoms with Crippen molar-refractivity contribution in [2.45, 2.75) is 6.04 Å². The van der Waals surface area contributed by atoms with E-state index in [1.54, 1.807) is 0 Å². The van der Waals surface area contributed by atoms with Gasteiger partial charge in [0.15, 0.2) is 0 Å². The highest BCUT2D eigenvalue weighted by atomic mass is 16.6. The van der Waals surface area contributed by atoms with E-state index in [4.69, 9.17) is 4.74 Å². The Labute approximate surface area is 93.1 Å². The van der Waals surface area contributed by atoms with E-state index in [0.717, 1.165) is 16.5 Å². The molecule has 0 saturated carbocycles. The minimum Gasteiger partial charge on any atom is -0.446 e. The number of hydrogen-bond donors (Lipinski definition) is 0. The van der Waals surface area contributed by atoms with E-state index in [1.165, 1.54) is 0 Å². The van der Waals surface area contributed by atoms with Gasteiger partial charge in [-0.25, -0.2) is 9.69 Å². The smallest absolute Gasteiger partial charge is 0.417 e. The number of carbonyl (C=O) groups is 2. The molecule has 0 unspecified atom stereocenters. The molecule has 0 N–H and O–H groups in total. The number of benzene rings is 1. The van der Waals surface area contributed by atoms with Crippen molar-refractivity contribution >= 4 is 12.0 Å². The lowest BCUT2D eigenvalue weighted by atomic mass is 10.1. The molecule has 1 saturated heterocycles. The summed E-state index contributed by atoms with van der Waals surface area (Å²) in [5, 5.41) is 0. The predicted molar refractivity (Wildman–Crippen MR) is 57.6 cm³/mol. The van der Waals surface area contributed by atoms with Crippen LogP contribution in [0.4, 0.5) is 4.79 Å². The number of amides is 2. The zero-order chi connectivity index (χ0) is 11.5. The molecule has 4 heteroatoms. The monoisotopic (exact) mass is 217 g/mol. The molecule has 0 aromatic heterocycles. The maximum absolute atomic E-state index is 11.5. The quantitative estimate of drug-likeness (QED) is 0.711. The SMILES string of the molecule is C=CC(=O)N1C(=O)OC[C@H]1c1ccccc1. The van der Waals surface area contributed by atoms with E-state index >= 15 is 0 Å². The molecule has 1 aromatic carbocycles. The van der Waals surface area contributed by atoms with Crippen LogP contribution in [0.3, 0.4) is 0 Å². The van der Waals surface area contributed by atoms with E-state index in [9.17, 15) is 9.59 Å². The van der Waals surface area contributed by atoms with Gasteiger partial charge in [0.05, 0.1) is 0 Å². The van der Waals surface area contributed by atoms with Crippen molar-refractivity contribution in [2.24, 2.45) is 0 Å². The second-order valence-electron chi connectivity index (χ2n) is 3.42. The van der Waals surface area contributed by atoms with Crippen LogP contribution in [0.15, 0.2) is 43.0 Å². The molecule has 1 fully saturated rings. The maximum Gasteiger partial charge on any atom is 0.417 e. The number of nitrogens with zero attached hydrogens (tertiary/aromatic N) is 1. The molecule has 0 aliphatic carbocycles. The molecular formula is C12H11NO3. The normalized spacial score (nSPS) is 19.4. The molecule has 82 valence electrons. The number of cyclic esters (lactones) is 1. The van der Waals surface area contributed by atoms with Crippen LogP contribution in [0.25, 0.3) is 0 Å². The number of hydrogen-bond acceptors (Lipinski definition) is 3.